The zero-order chi connectivity index (χ0) is 17.5. The van der Waals surface area contributed by atoms with E-state index in [1.54, 1.807) is 11.3 Å². The van der Waals surface area contributed by atoms with Crippen LogP contribution < -0.4 is 0 Å². The Morgan fingerprint density at radius 2 is 1.58 bits per heavy atom. The Morgan fingerprint density at radius 3 is 2.12 bits per heavy atom. The number of nitrogens with zero attached hydrogens (tertiary/aromatic N) is 2. The molecule has 0 saturated carbocycles. The average Bonchev–Trinajstić information content (AvgIpc) is 3.15. The van der Waals surface area contributed by atoms with Crippen molar-refractivity contribution in [2.75, 3.05) is 0 Å². The molecule has 0 fully saturated rings. The molecule has 4 heteroatoms. The molecule has 0 spiro atoms. The second-order valence-electron chi connectivity index (χ2n) is 7.62. The summed E-state index contributed by atoms with van der Waals surface area (Å²) in [5, 5.41) is 4.54. The van der Waals surface area contributed by atoms with Crippen LogP contribution >= 0.6 is 11.3 Å². The van der Waals surface area contributed by atoms with Gasteiger partial charge in [0, 0.05) is 34.2 Å². The molecular weight excluding hydrogens is 328 g/mol. The zero-order valence-electron chi connectivity index (χ0n) is 15.6. The summed E-state index contributed by atoms with van der Waals surface area (Å²) < 4.78 is 2.69. The minimum absolute atomic E-state index is 0.678. The smallest absolute Gasteiger partial charge is 0.169 e. The van der Waals surface area contributed by atoms with Crippen molar-refractivity contribution >= 4 is 30.5 Å². The molecule has 2 heterocycles. The first-order valence-corrected chi connectivity index (χ1v) is 12.0. The summed E-state index contributed by atoms with van der Waals surface area (Å²) >= 11 is 1.73. The standard InChI is InChI=1S/C20H28N2SSi/c1-14(2)24(15(3)4,16(5)6)22-13-18(20-21-11-12-23-20)17-9-7-8-10-19(17)22/h7-16H,1-6H3. The van der Waals surface area contributed by atoms with Crippen LogP contribution in [0.3, 0.4) is 0 Å². The molecule has 0 N–H and O–H groups in total. The molecule has 0 amide bonds. The molecule has 0 unspecified atom stereocenters. The Balaban J connectivity index is 2.37. The molecule has 0 atom stereocenters. The highest BCUT2D eigenvalue weighted by Crippen LogP contribution is 2.46. The summed E-state index contributed by atoms with van der Waals surface area (Å²) in [6.07, 6.45) is 4.32. The summed E-state index contributed by atoms with van der Waals surface area (Å²) in [6.45, 7) is 14.5. The SMILES string of the molecule is CC(C)[Si](C(C)C)(C(C)C)n1cc(-c2nccs2)c2ccccc21. The first-order chi connectivity index (χ1) is 11.4. The van der Waals surface area contributed by atoms with E-state index in [-0.39, 0.29) is 0 Å². The number of aromatic nitrogens is 2. The first kappa shape index (κ1) is 17.4. The largest absolute Gasteiger partial charge is 0.373 e. The quantitative estimate of drug-likeness (QED) is 0.460. The molecule has 2 nitrogen and oxygen atoms in total. The lowest BCUT2D eigenvalue weighted by molar-refractivity contribution is 0.773. The molecule has 0 aliphatic carbocycles. The van der Waals surface area contributed by atoms with Crippen LogP contribution in [0.4, 0.5) is 0 Å². The maximum atomic E-state index is 4.59. The summed E-state index contributed by atoms with van der Waals surface area (Å²) in [5.74, 6) is 0. The lowest BCUT2D eigenvalue weighted by Crippen LogP contribution is -2.51. The van der Waals surface area contributed by atoms with Gasteiger partial charge in [0.25, 0.3) is 0 Å². The highest BCUT2D eigenvalue weighted by molar-refractivity contribution is 7.13. The second-order valence-corrected chi connectivity index (χ2v) is 14.2. The van der Waals surface area contributed by atoms with Gasteiger partial charge >= 0.3 is 0 Å². The van der Waals surface area contributed by atoms with E-state index in [2.05, 4.69) is 86.6 Å². The van der Waals surface area contributed by atoms with Crippen LogP contribution in [-0.4, -0.2) is 17.5 Å². The fourth-order valence-electron chi connectivity index (χ4n) is 4.86. The van der Waals surface area contributed by atoms with E-state index in [0.717, 1.165) is 5.01 Å². The second kappa shape index (κ2) is 6.49. The Hall–Kier alpha value is -1.39. The van der Waals surface area contributed by atoms with E-state index in [0.29, 0.717) is 16.6 Å². The van der Waals surface area contributed by atoms with Gasteiger partial charge in [0.15, 0.2) is 8.24 Å². The number of thiazole rings is 1. The van der Waals surface area contributed by atoms with Crippen molar-refractivity contribution in [3.63, 3.8) is 0 Å². The van der Waals surface area contributed by atoms with Crippen LogP contribution in [0.5, 0.6) is 0 Å². The van der Waals surface area contributed by atoms with Crippen LogP contribution in [0, 0.1) is 0 Å². The van der Waals surface area contributed by atoms with Crippen molar-refractivity contribution in [2.24, 2.45) is 0 Å². The highest BCUT2D eigenvalue weighted by Gasteiger charge is 2.46. The van der Waals surface area contributed by atoms with Crippen LogP contribution in [0.1, 0.15) is 41.5 Å². The molecule has 0 radical (unpaired) electrons. The van der Waals surface area contributed by atoms with Gasteiger partial charge in [-0.25, -0.2) is 4.98 Å². The molecule has 3 aromatic rings. The number of rotatable bonds is 5. The molecular formula is C20H28N2SSi. The third-order valence-corrected chi connectivity index (χ3v) is 13.1. The Bertz CT molecular complexity index is 794. The monoisotopic (exact) mass is 356 g/mol. The molecule has 3 rings (SSSR count). The lowest BCUT2D eigenvalue weighted by atomic mass is 10.2. The van der Waals surface area contributed by atoms with Crippen LogP contribution in [0.15, 0.2) is 42.0 Å². The van der Waals surface area contributed by atoms with Gasteiger partial charge in [0.1, 0.15) is 5.01 Å². The van der Waals surface area contributed by atoms with E-state index in [1.165, 1.54) is 16.5 Å². The van der Waals surface area contributed by atoms with E-state index >= 15 is 0 Å². The minimum Gasteiger partial charge on any atom is -0.373 e. The molecule has 0 aliphatic rings. The third-order valence-electron chi connectivity index (χ3n) is 5.57. The van der Waals surface area contributed by atoms with Crippen molar-refractivity contribution in [3.8, 4) is 10.6 Å². The van der Waals surface area contributed by atoms with Crippen molar-refractivity contribution in [1.82, 2.24) is 9.22 Å². The maximum absolute atomic E-state index is 4.59. The van der Waals surface area contributed by atoms with Gasteiger partial charge in [-0.2, -0.15) is 0 Å². The van der Waals surface area contributed by atoms with Crippen LogP contribution in [-0.2, 0) is 0 Å². The fourth-order valence-corrected chi connectivity index (χ4v) is 12.2. The van der Waals surface area contributed by atoms with E-state index in [1.807, 2.05) is 6.20 Å². The summed E-state index contributed by atoms with van der Waals surface area (Å²) in [6, 6.07) is 8.86. The summed E-state index contributed by atoms with van der Waals surface area (Å²) in [5.41, 5.74) is 4.71. The van der Waals surface area contributed by atoms with E-state index in [4.69, 9.17) is 0 Å². The lowest BCUT2D eigenvalue weighted by Gasteiger charge is -2.44. The van der Waals surface area contributed by atoms with Crippen molar-refractivity contribution in [1.29, 1.82) is 0 Å². The molecule has 2 aromatic heterocycles. The minimum atomic E-state index is -1.77. The topological polar surface area (TPSA) is 17.8 Å². The normalized spacial score (nSPS) is 12.9. The summed E-state index contributed by atoms with van der Waals surface area (Å²) in [4.78, 5) is 4.59. The van der Waals surface area contributed by atoms with Gasteiger partial charge in [-0.3, -0.25) is 0 Å². The van der Waals surface area contributed by atoms with Gasteiger partial charge in [-0.1, -0.05) is 59.7 Å². The predicted molar refractivity (Wildman–Crippen MR) is 109 cm³/mol. The Morgan fingerprint density at radius 1 is 0.958 bits per heavy atom. The summed E-state index contributed by atoms with van der Waals surface area (Å²) in [7, 11) is -1.77. The fraction of sp³-hybridized carbons (Fsp3) is 0.450. The molecule has 128 valence electrons. The third kappa shape index (κ3) is 2.47. The van der Waals surface area contributed by atoms with E-state index < -0.39 is 8.24 Å². The number of benzene rings is 1. The molecule has 0 bridgehead atoms. The molecule has 24 heavy (non-hydrogen) atoms. The van der Waals surface area contributed by atoms with Gasteiger partial charge in [0.2, 0.25) is 0 Å². The average molecular weight is 357 g/mol. The number of hydrogen-bond acceptors (Lipinski definition) is 2. The van der Waals surface area contributed by atoms with Crippen molar-refractivity contribution in [3.05, 3.63) is 42.0 Å². The zero-order valence-corrected chi connectivity index (χ0v) is 17.4. The number of hydrogen-bond donors (Lipinski definition) is 0. The first-order valence-electron chi connectivity index (χ1n) is 8.91. The predicted octanol–water partition coefficient (Wildman–Crippen LogP) is 6.79. The number of para-hydroxylation sites is 1. The molecule has 0 aliphatic heterocycles. The van der Waals surface area contributed by atoms with Gasteiger partial charge in [-0.15, -0.1) is 11.3 Å². The van der Waals surface area contributed by atoms with Crippen molar-refractivity contribution in [2.45, 2.75) is 58.2 Å². The molecule has 0 saturated heterocycles. The Labute approximate surface area is 150 Å². The Kier molecular flexibility index (Phi) is 4.71. The van der Waals surface area contributed by atoms with Gasteiger partial charge in [-0.05, 0) is 22.7 Å². The van der Waals surface area contributed by atoms with Gasteiger partial charge in [0.05, 0.1) is 0 Å². The van der Waals surface area contributed by atoms with Crippen molar-refractivity contribution < 1.29 is 0 Å². The molecule has 1 aromatic carbocycles. The van der Waals surface area contributed by atoms with Crippen LogP contribution in [0.25, 0.3) is 21.5 Å². The highest BCUT2D eigenvalue weighted by atomic mass is 32.1. The van der Waals surface area contributed by atoms with E-state index in [9.17, 15) is 0 Å². The van der Waals surface area contributed by atoms with Crippen LogP contribution in [0.2, 0.25) is 16.6 Å². The maximum Gasteiger partial charge on any atom is 0.169 e. The van der Waals surface area contributed by atoms with Gasteiger partial charge < -0.3 is 4.23 Å². The number of fused-ring (bicyclic) bond motifs is 1.